The molecule has 0 amide bonds. The van der Waals surface area contributed by atoms with Gasteiger partial charge in [-0.3, -0.25) is 0 Å². The third-order valence-corrected chi connectivity index (χ3v) is 3.55. The van der Waals surface area contributed by atoms with Gasteiger partial charge in [0.25, 0.3) is 0 Å². The zero-order valence-corrected chi connectivity index (χ0v) is 10.6. The Hall–Kier alpha value is -1.06. The largest absolute Gasteiger partial charge is 0.379 e. The summed E-state index contributed by atoms with van der Waals surface area (Å²) < 4.78 is 7.72. The molecule has 1 saturated heterocycles. The Morgan fingerprint density at radius 3 is 3.12 bits per heavy atom. The molecule has 1 aliphatic heterocycles. The molecule has 0 bridgehead atoms. The summed E-state index contributed by atoms with van der Waals surface area (Å²) in [6.07, 6.45) is 1.04. The molecule has 1 fully saturated rings. The summed E-state index contributed by atoms with van der Waals surface area (Å²) >= 11 is 6.00. The molecule has 90 valence electrons. The molecule has 0 spiro atoms. The fourth-order valence-electron chi connectivity index (χ4n) is 2.48. The smallest absolute Gasteiger partial charge is 0.125 e. The van der Waals surface area contributed by atoms with E-state index < -0.39 is 0 Å². The number of fused-ring (bicyclic) bond motifs is 1. The van der Waals surface area contributed by atoms with Crippen molar-refractivity contribution in [3.8, 4) is 0 Å². The first kappa shape index (κ1) is 11.1. The lowest BCUT2D eigenvalue weighted by Crippen LogP contribution is -2.11. The SMILES string of the molecule is Cc1ccc2nc(CCl)n(C3CCOC3)c2c1. The van der Waals surface area contributed by atoms with Crippen LogP contribution in [0.3, 0.4) is 0 Å². The first-order valence-corrected chi connectivity index (χ1v) is 6.44. The van der Waals surface area contributed by atoms with Crippen LogP contribution in [0.4, 0.5) is 0 Å². The molecule has 2 aromatic rings. The number of imidazole rings is 1. The predicted octanol–water partition coefficient (Wildman–Crippen LogP) is 3.04. The van der Waals surface area contributed by atoms with E-state index in [-0.39, 0.29) is 0 Å². The summed E-state index contributed by atoms with van der Waals surface area (Å²) in [5, 5.41) is 0. The maximum Gasteiger partial charge on any atom is 0.125 e. The molecule has 17 heavy (non-hydrogen) atoms. The van der Waals surface area contributed by atoms with Crippen LogP contribution in [0.25, 0.3) is 11.0 Å². The summed E-state index contributed by atoms with van der Waals surface area (Å²) in [6, 6.07) is 6.71. The second-order valence-electron chi connectivity index (χ2n) is 4.54. The highest BCUT2D eigenvalue weighted by molar-refractivity contribution is 6.16. The standard InChI is InChI=1S/C13H15ClN2O/c1-9-2-3-11-12(6-9)16(13(7-14)15-11)10-4-5-17-8-10/h2-3,6,10H,4-5,7-8H2,1H3. The summed E-state index contributed by atoms with van der Waals surface area (Å²) in [5.41, 5.74) is 3.45. The third kappa shape index (κ3) is 1.83. The molecule has 2 heterocycles. The topological polar surface area (TPSA) is 27.1 Å². The highest BCUT2D eigenvalue weighted by Crippen LogP contribution is 2.28. The van der Waals surface area contributed by atoms with Crippen molar-refractivity contribution in [1.29, 1.82) is 0 Å². The molecule has 1 aliphatic rings. The van der Waals surface area contributed by atoms with Gasteiger partial charge < -0.3 is 9.30 Å². The number of rotatable bonds is 2. The monoisotopic (exact) mass is 250 g/mol. The number of halogens is 1. The van der Waals surface area contributed by atoms with Crippen molar-refractivity contribution in [3.63, 3.8) is 0 Å². The van der Waals surface area contributed by atoms with E-state index in [4.69, 9.17) is 16.3 Å². The highest BCUT2D eigenvalue weighted by atomic mass is 35.5. The third-order valence-electron chi connectivity index (χ3n) is 3.31. The summed E-state index contributed by atoms with van der Waals surface area (Å²) in [5.74, 6) is 1.40. The van der Waals surface area contributed by atoms with Gasteiger partial charge in [-0.05, 0) is 31.0 Å². The van der Waals surface area contributed by atoms with Crippen LogP contribution in [0.5, 0.6) is 0 Å². The molecule has 1 aromatic carbocycles. The van der Waals surface area contributed by atoms with Crippen LogP contribution < -0.4 is 0 Å². The van der Waals surface area contributed by atoms with Gasteiger partial charge in [0.05, 0.1) is 29.6 Å². The van der Waals surface area contributed by atoms with E-state index >= 15 is 0 Å². The number of alkyl halides is 1. The van der Waals surface area contributed by atoms with Gasteiger partial charge in [-0.15, -0.1) is 11.6 Å². The van der Waals surface area contributed by atoms with E-state index in [1.54, 1.807) is 0 Å². The minimum Gasteiger partial charge on any atom is -0.379 e. The number of hydrogen-bond donors (Lipinski definition) is 0. The molecule has 0 saturated carbocycles. The van der Waals surface area contributed by atoms with E-state index in [1.807, 2.05) is 0 Å². The van der Waals surface area contributed by atoms with E-state index in [1.165, 1.54) is 11.1 Å². The average Bonchev–Trinajstić information content (AvgIpc) is 2.93. The van der Waals surface area contributed by atoms with Crippen molar-refractivity contribution in [2.24, 2.45) is 0 Å². The molecular weight excluding hydrogens is 236 g/mol. The van der Waals surface area contributed by atoms with Crippen molar-refractivity contribution in [3.05, 3.63) is 29.6 Å². The fraction of sp³-hybridized carbons (Fsp3) is 0.462. The first-order chi connectivity index (χ1) is 8.29. The number of aromatic nitrogens is 2. The zero-order valence-electron chi connectivity index (χ0n) is 9.82. The Labute approximate surface area is 105 Å². The lowest BCUT2D eigenvalue weighted by Gasteiger charge is -2.14. The van der Waals surface area contributed by atoms with Gasteiger partial charge in [-0.2, -0.15) is 0 Å². The molecular formula is C13H15ClN2O. The van der Waals surface area contributed by atoms with Gasteiger partial charge in [0.2, 0.25) is 0 Å². The number of hydrogen-bond acceptors (Lipinski definition) is 2. The second-order valence-corrected chi connectivity index (χ2v) is 4.81. The van der Waals surface area contributed by atoms with Crippen molar-refractivity contribution < 1.29 is 4.74 Å². The molecule has 0 N–H and O–H groups in total. The summed E-state index contributed by atoms with van der Waals surface area (Å²) in [7, 11) is 0. The molecule has 0 aliphatic carbocycles. The lowest BCUT2D eigenvalue weighted by atomic mass is 10.2. The van der Waals surface area contributed by atoms with Gasteiger partial charge in [0, 0.05) is 6.61 Å². The maximum atomic E-state index is 6.00. The van der Waals surface area contributed by atoms with Crippen LogP contribution >= 0.6 is 11.6 Å². The van der Waals surface area contributed by atoms with Gasteiger partial charge in [0.1, 0.15) is 5.82 Å². The zero-order chi connectivity index (χ0) is 11.8. The van der Waals surface area contributed by atoms with Crippen LogP contribution in [0.1, 0.15) is 23.9 Å². The lowest BCUT2D eigenvalue weighted by molar-refractivity contribution is 0.187. The van der Waals surface area contributed by atoms with Crippen LogP contribution in [0, 0.1) is 6.92 Å². The molecule has 1 atom stereocenters. The Morgan fingerprint density at radius 1 is 1.53 bits per heavy atom. The highest BCUT2D eigenvalue weighted by Gasteiger charge is 2.22. The quantitative estimate of drug-likeness (QED) is 0.766. The molecule has 1 aromatic heterocycles. The second kappa shape index (κ2) is 4.31. The van der Waals surface area contributed by atoms with Gasteiger partial charge in [-0.25, -0.2) is 4.98 Å². The minimum atomic E-state index is 0.385. The van der Waals surface area contributed by atoms with Crippen molar-refractivity contribution in [2.75, 3.05) is 13.2 Å². The van der Waals surface area contributed by atoms with Crippen LogP contribution in [-0.2, 0) is 10.6 Å². The normalized spacial score (nSPS) is 20.2. The van der Waals surface area contributed by atoms with Crippen LogP contribution in [0.15, 0.2) is 18.2 Å². The van der Waals surface area contributed by atoms with Crippen molar-refractivity contribution >= 4 is 22.6 Å². The Kier molecular flexibility index (Phi) is 2.81. The van der Waals surface area contributed by atoms with Crippen LogP contribution in [0.2, 0.25) is 0 Å². The van der Waals surface area contributed by atoms with E-state index in [0.29, 0.717) is 11.9 Å². The van der Waals surface area contributed by atoms with Gasteiger partial charge in [-0.1, -0.05) is 6.07 Å². The van der Waals surface area contributed by atoms with Crippen LogP contribution in [-0.4, -0.2) is 22.8 Å². The van der Waals surface area contributed by atoms with E-state index in [2.05, 4.69) is 34.7 Å². The maximum absolute atomic E-state index is 6.00. The Balaban J connectivity index is 2.20. The number of nitrogens with zero attached hydrogens (tertiary/aromatic N) is 2. The predicted molar refractivity (Wildman–Crippen MR) is 68.5 cm³/mol. The minimum absolute atomic E-state index is 0.385. The van der Waals surface area contributed by atoms with E-state index in [0.717, 1.165) is 31.0 Å². The number of aryl methyl sites for hydroxylation is 1. The Bertz CT molecular complexity index is 544. The van der Waals surface area contributed by atoms with Gasteiger partial charge in [0.15, 0.2) is 0 Å². The molecule has 4 heteroatoms. The summed E-state index contributed by atoms with van der Waals surface area (Å²) in [6.45, 7) is 3.70. The average molecular weight is 251 g/mol. The molecule has 3 nitrogen and oxygen atoms in total. The first-order valence-electron chi connectivity index (χ1n) is 5.91. The molecule has 1 unspecified atom stereocenters. The van der Waals surface area contributed by atoms with Gasteiger partial charge >= 0.3 is 0 Å². The number of benzene rings is 1. The molecule has 0 radical (unpaired) electrons. The van der Waals surface area contributed by atoms with Crippen molar-refractivity contribution in [2.45, 2.75) is 25.3 Å². The number of ether oxygens (including phenoxy) is 1. The fourth-order valence-corrected chi connectivity index (χ4v) is 2.67. The molecule has 3 rings (SSSR count). The van der Waals surface area contributed by atoms with Crippen molar-refractivity contribution in [1.82, 2.24) is 9.55 Å². The summed E-state index contributed by atoms with van der Waals surface area (Å²) in [4.78, 5) is 4.59. The Morgan fingerprint density at radius 2 is 2.41 bits per heavy atom. The van der Waals surface area contributed by atoms with E-state index in [9.17, 15) is 0 Å².